The summed E-state index contributed by atoms with van der Waals surface area (Å²) in [5.74, 6) is 3.23. The van der Waals surface area contributed by atoms with E-state index < -0.39 is 0 Å². The van der Waals surface area contributed by atoms with E-state index in [9.17, 15) is 4.79 Å². The van der Waals surface area contributed by atoms with E-state index in [1.807, 2.05) is 0 Å². The van der Waals surface area contributed by atoms with E-state index in [0.29, 0.717) is 11.3 Å². The lowest BCUT2D eigenvalue weighted by molar-refractivity contribution is -0.904. The van der Waals surface area contributed by atoms with E-state index in [0.717, 1.165) is 56.9 Å². The standard InChI is InChI=1S/C18H30N2O2/c21-6-5-19-1-3-20(4-2-19)17(22)13-18-10-14-7-15(11-18)9-16(8-14)12-18/h14-16,21H,1-13H2/p+1. The van der Waals surface area contributed by atoms with Crippen LogP contribution in [0.15, 0.2) is 0 Å². The molecule has 4 saturated carbocycles. The zero-order chi connectivity index (χ0) is 15.2. The Morgan fingerprint density at radius 1 is 1.05 bits per heavy atom. The maximum atomic E-state index is 12.8. The summed E-state index contributed by atoms with van der Waals surface area (Å²) in [5.41, 5.74) is 0.376. The predicted octanol–water partition coefficient (Wildman–Crippen LogP) is 0.312. The Bertz CT molecular complexity index is 394. The summed E-state index contributed by atoms with van der Waals surface area (Å²) in [6, 6.07) is 0. The Kier molecular flexibility index (Phi) is 3.93. The van der Waals surface area contributed by atoms with Gasteiger partial charge in [0.1, 0.15) is 6.54 Å². The van der Waals surface area contributed by atoms with Gasteiger partial charge in [-0.1, -0.05) is 0 Å². The first-order valence-corrected chi connectivity index (χ1v) is 9.38. The molecule has 0 atom stereocenters. The average molecular weight is 307 g/mol. The van der Waals surface area contributed by atoms with E-state index in [2.05, 4.69) is 4.90 Å². The number of aliphatic hydroxyl groups excluding tert-OH is 1. The molecule has 5 rings (SSSR count). The van der Waals surface area contributed by atoms with Crippen LogP contribution in [0.2, 0.25) is 0 Å². The highest BCUT2D eigenvalue weighted by Gasteiger charge is 2.51. The quantitative estimate of drug-likeness (QED) is 0.785. The summed E-state index contributed by atoms with van der Waals surface area (Å²) in [6.07, 6.45) is 9.19. The van der Waals surface area contributed by atoms with Crippen molar-refractivity contribution in [2.24, 2.45) is 23.2 Å². The Morgan fingerprint density at radius 2 is 1.59 bits per heavy atom. The molecule has 1 saturated heterocycles. The van der Waals surface area contributed by atoms with Crippen LogP contribution < -0.4 is 4.90 Å². The number of rotatable bonds is 4. The fourth-order valence-electron chi connectivity index (χ4n) is 6.42. The SMILES string of the molecule is O=C(CC12CC3CC(CC(C3)C1)C2)N1CC[NH+](CCO)CC1. The number of carbonyl (C=O) groups is 1. The number of nitrogens with one attached hydrogen (secondary N) is 1. The molecule has 4 nitrogen and oxygen atoms in total. The molecule has 0 aromatic carbocycles. The zero-order valence-electron chi connectivity index (χ0n) is 13.7. The van der Waals surface area contributed by atoms with Gasteiger partial charge in [0, 0.05) is 6.42 Å². The van der Waals surface area contributed by atoms with Gasteiger partial charge in [0.25, 0.3) is 0 Å². The molecule has 0 spiro atoms. The fourth-order valence-corrected chi connectivity index (χ4v) is 6.42. The van der Waals surface area contributed by atoms with Crippen molar-refractivity contribution in [3.05, 3.63) is 0 Å². The second-order valence-electron chi connectivity index (χ2n) is 8.70. The van der Waals surface area contributed by atoms with Crippen LogP contribution in [-0.4, -0.2) is 55.2 Å². The second-order valence-corrected chi connectivity index (χ2v) is 8.70. The molecule has 0 aromatic heterocycles. The molecule has 2 N–H and O–H groups in total. The number of carbonyl (C=O) groups excluding carboxylic acids is 1. The van der Waals surface area contributed by atoms with Crippen LogP contribution in [0.1, 0.15) is 44.9 Å². The molecule has 124 valence electrons. The smallest absolute Gasteiger partial charge is 0.223 e. The van der Waals surface area contributed by atoms with Gasteiger partial charge in [-0.15, -0.1) is 0 Å². The second kappa shape index (κ2) is 5.79. The van der Waals surface area contributed by atoms with Gasteiger partial charge in [-0.25, -0.2) is 0 Å². The van der Waals surface area contributed by atoms with Crippen LogP contribution in [-0.2, 0) is 4.79 Å². The van der Waals surface area contributed by atoms with Gasteiger partial charge in [-0.2, -0.15) is 0 Å². The van der Waals surface area contributed by atoms with Gasteiger partial charge in [-0.3, -0.25) is 4.79 Å². The van der Waals surface area contributed by atoms with Crippen LogP contribution in [0.25, 0.3) is 0 Å². The minimum absolute atomic E-state index is 0.260. The van der Waals surface area contributed by atoms with Crippen LogP contribution in [0.4, 0.5) is 0 Å². The molecule has 5 aliphatic rings. The van der Waals surface area contributed by atoms with Crippen molar-refractivity contribution >= 4 is 5.91 Å². The number of aliphatic hydroxyl groups is 1. The summed E-state index contributed by atoms with van der Waals surface area (Å²) in [6.45, 7) is 4.88. The van der Waals surface area contributed by atoms with Crippen LogP contribution in [0, 0.1) is 23.2 Å². The molecule has 4 aliphatic carbocycles. The Morgan fingerprint density at radius 3 is 2.09 bits per heavy atom. The third kappa shape index (κ3) is 2.80. The van der Waals surface area contributed by atoms with Crippen molar-refractivity contribution < 1.29 is 14.8 Å². The van der Waals surface area contributed by atoms with Gasteiger partial charge >= 0.3 is 0 Å². The third-order valence-corrected chi connectivity index (χ3v) is 6.98. The molecule has 1 heterocycles. The molecule has 1 aliphatic heterocycles. The average Bonchev–Trinajstić information content (AvgIpc) is 2.46. The van der Waals surface area contributed by atoms with Gasteiger partial charge in [-0.05, 0) is 61.7 Å². The van der Waals surface area contributed by atoms with Crippen molar-refractivity contribution in [1.29, 1.82) is 0 Å². The number of amides is 1. The number of piperazine rings is 1. The molecule has 0 aromatic rings. The lowest BCUT2D eigenvalue weighted by atomic mass is 9.49. The fraction of sp³-hybridized carbons (Fsp3) is 0.944. The maximum Gasteiger partial charge on any atom is 0.223 e. The topological polar surface area (TPSA) is 45.0 Å². The summed E-state index contributed by atoms with van der Waals surface area (Å²) < 4.78 is 0. The van der Waals surface area contributed by atoms with Crippen LogP contribution >= 0.6 is 0 Å². The highest BCUT2D eigenvalue weighted by Crippen LogP contribution is 2.61. The van der Waals surface area contributed by atoms with E-state index in [1.165, 1.54) is 43.4 Å². The molecule has 1 amide bonds. The van der Waals surface area contributed by atoms with Gasteiger partial charge in [0.2, 0.25) is 5.91 Å². The van der Waals surface area contributed by atoms with Crippen LogP contribution in [0.3, 0.4) is 0 Å². The zero-order valence-corrected chi connectivity index (χ0v) is 13.7. The Balaban J connectivity index is 1.35. The Hall–Kier alpha value is -0.610. The molecule has 4 bridgehead atoms. The molecule has 5 fully saturated rings. The van der Waals surface area contributed by atoms with Crippen molar-refractivity contribution in [3.63, 3.8) is 0 Å². The number of quaternary nitrogens is 1. The van der Waals surface area contributed by atoms with E-state index >= 15 is 0 Å². The molecular weight excluding hydrogens is 276 g/mol. The first kappa shape index (κ1) is 14.9. The van der Waals surface area contributed by atoms with E-state index in [-0.39, 0.29) is 6.61 Å². The lowest BCUT2D eigenvalue weighted by Gasteiger charge is -2.57. The molecule has 0 unspecified atom stereocenters. The summed E-state index contributed by atoms with van der Waals surface area (Å²) in [7, 11) is 0. The lowest BCUT2D eigenvalue weighted by Crippen LogP contribution is -3.15. The maximum absolute atomic E-state index is 12.8. The highest BCUT2D eigenvalue weighted by atomic mass is 16.3. The normalized spacial score (nSPS) is 41.1. The Labute approximate surface area is 133 Å². The van der Waals surface area contributed by atoms with Gasteiger partial charge in [0.05, 0.1) is 32.8 Å². The van der Waals surface area contributed by atoms with E-state index in [4.69, 9.17) is 5.11 Å². The van der Waals surface area contributed by atoms with Gasteiger partial charge < -0.3 is 14.9 Å². The minimum atomic E-state index is 0.260. The van der Waals surface area contributed by atoms with Crippen molar-refractivity contribution in [2.45, 2.75) is 44.9 Å². The van der Waals surface area contributed by atoms with Crippen LogP contribution in [0.5, 0.6) is 0 Å². The van der Waals surface area contributed by atoms with Crippen molar-refractivity contribution in [1.82, 2.24) is 4.90 Å². The largest absolute Gasteiger partial charge is 0.391 e. The molecule has 4 heteroatoms. The molecule has 0 radical (unpaired) electrons. The predicted molar refractivity (Wildman–Crippen MR) is 84.5 cm³/mol. The molecular formula is C18H31N2O2+. The van der Waals surface area contributed by atoms with Gasteiger partial charge in [0.15, 0.2) is 0 Å². The minimum Gasteiger partial charge on any atom is -0.391 e. The number of hydrogen-bond acceptors (Lipinski definition) is 2. The first-order valence-electron chi connectivity index (χ1n) is 9.38. The third-order valence-electron chi connectivity index (χ3n) is 6.98. The van der Waals surface area contributed by atoms with Crippen molar-refractivity contribution in [2.75, 3.05) is 39.3 Å². The first-order chi connectivity index (χ1) is 10.7. The highest BCUT2D eigenvalue weighted by molar-refractivity contribution is 5.77. The number of nitrogens with zero attached hydrogens (tertiary/aromatic N) is 1. The summed E-state index contributed by atoms with van der Waals surface area (Å²) in [4.78, 5) is 16.4. The van der Waals surface area contributed by atoms with E-state index in [1.54, 1.807) is 0 Å². The monoisotopic (exact) mass is 307 g/mol. The molecule has 22 heavy (non-hydrogen) atoms. The summed E-state index contributed by atoms with van der Waals surface area (Å²) in [5, 5.41) is 9.03. The number of hydrogen-bond donors (Lipinski definition) is 2. The van der Waals surface area contributed by atoms with Crippen molar-refractivity contribution in [3.8, 4) is 0 Å². The summed E-state index contributed by atoms with van der Waals surface area (Å²) >= 11 is 0.